The van der Waals surface area contributed by atoms with Crippen molar-refractivity contribution in [3.8, 4) is 11.8 Å². The van der Waals surface area contributed by atoms with E-state index in [-0.39, 0.29) is 12.6 Å². The number of hydrogen-bond donors (Lipinski definition) is 0. The lowest BCUT2D eigenvalue weighted by Gasteiger charge is -2.01. The number of hydrogen-bond acceptors (Lipinski definition) is 2. The minimum Gasteiger partial charge on any atom is -0.460 e. The van der Waals surface area contributed by atoms with Crippen molar-refractivity contribution in [1.82, 2.24) is 0 Å². The number of ether oxygens (including phenoxy) is 1. The summed E-state index contributed by atoms with van der Waals surface area (Å²) in [6, 6.07) is 0. The summed E-state index contributed by atoms with van der Waals surface area (Å²) < 4.78 is 4.90. The van der Waals surface area contributed by atoms with Gasteiger partial charge < -0.3 is 4.74 Å². The summed E-state index contributed by atoms with van der Waals surface area (Å²) in [7, 11) is 0. The van der Waals surface area contributed by atoms with E-state index < -0.39 is 0 Å². The van der Waals surface area contributed by atoms with Crippen LogP contribution in [0.2, 0.25) is 0 Å². The summed E-state index contributed by atoms with van der Waals surface area (Å²) in [5, 5.41) is 0. The van der Waals surface area contributed by atoms with Gasteiger partial charge in [-0.25, -0.2) is 0 Å². The highest BCUT2D eigenvalue weighted by Crippen LogP contribution is 1.96. The molecule has 2 heteroatoms. The Hall–Kier alpha value is -1.49. The first-order valence-corrected chi connectivity index (χ1v) is 4.14. The monoisotopic (exact) mass is 178 g/mol. The fourth-order valence-electron chi connectivity index (χ4n) is 0.689. The van der Waals surface area contributed by atoms with Crippen molar-refractivity contribution in [2.24, 2.45) is 0 Å². The Labute approximate surface area is 79.3 Å². The Balaban J connectivity index is 4.10. The van der Waals surface area contributed by atoms with E-state index in [0.717, 1.165) is 5.57 Å². The molecule has 70 valence electrons. The van der Waals surface area contributed by atoms with Gasteiger partial charge in [0.25, 0.3) is 0 Å². The second kappa shape index (κ2) is 7.17. The Morgan fingerprint density at radius 3 is 2.77 bits per heavy atom. The van der Waals surface area contributed by atoms with Crippen molar-refractivity contribution in [3.63, 3.8) is 0 Å². The number of rotatable bonds is 4. The lowest BCUT2D eigenvalue weighted by Crippen LogP contribution is -2.05. The molecule has 2 nitrogen and oxygen atoms in total. The SMILES string of the molecule is C=C/C=C(\C#CC)COC(=O)CC. The van der Waals surface area contributed by atoms with Gasteiger partial charge in [-0.15, -0.1) is 5.92 Å². The predicted octanol–water partition coefficient (Wildman–Crippen LogP) is 2.08. The van der Waals surface area contributed by atoms with Crippen LogP contribution < -0.4 is 0 Å². The Morgan fingerprint density at radius 1 is 1.62 bits per heavy atom. The summed E-state index contributed by atoms with van der Waals surface area (Å²) in [6.07, 6.45) is 3.75. The molecule has 0 aliphatic rings. The molecule has 0 amide bonds. The first-order chi connectivity index (χ1) is 6.24. The molecule has 0 aromatic heterocycles. The predicted molar refractivity (Wildman–Crippen MR) is 53.0 cm³/mol. The Bertz CT molecular complexity index is 264. The van der Waals surface area contributed by atoms with Gasteiger partial charge in [0.15, 0.2) is 0 Å². The minimum absolute atomic E-state index is 0.215. The molecule has 0 saturated carbocycles. The number of carbonyl (C=O) groups excluding carboxylic acids is 1. The quantitative estimate of drug-likeness (QED) is 0.374. The van der Waals surface area contributed by atoms with Gasteiger partial charge >= 0.3 is 5.97 Å². The Kier molecular flexibility index (Phi) is 6.35. The van der Waals surface area contributed by atoms with Crippen LogP contribution >= 0.6 is 0 Å². The van der Waals surface area contributed by atoms with Gasteiger partial charge in [-0.2, -0.15) is 0 Å². The molecular formula is C11H14O2. The molecule has 0 aromatic rings. The lowest BCUT2D eigenvalue weighted by atomic mass is 10.2. The average Bonchev–Trinajstić information content (AvgIpc) is 2.14. The summed E-state index contributed by atoms with van der Waals surface area (Å²) >= 11 is 0. The molecule has 0 bridgehead atoms. The van der Waals surface area contributed by atoms with Gasteiger partial charge in [-0.1, -0.05) is 25.5 Å². The molecule has 0 aliphatic heterocycles. The van der Waals surface area contributed by atoms with E-state index in [2.05, 4.69) is 18.4 Å². The van der Waals surface area contributed by atoms with Gasteiger partial charge in [-0.3, -0.25) is 4.79 Å². The van der Waals surface area contributed by atoms with Crippen LogP contribution in [0, 0.1) is 11.8 Å². The van der Waals surface area contributed by atoms with E-state index in [9.17, 15) is 4.79 Å². The lowest BCUT2D eigenvalue weighted by molar-refractivity contribution is -0.142. The highest BCUT2D eigenvalue weighted by atomic mass is 16.5. The molecule has 0 aromatic carbocycles. The van der Waals surface area contributed by atoms with Gasteiger partial charge in [0, 0.05) is 12.0 Å². The Morgan fingerprint density at radius 2 is 2.31 bits per heavy atom. The number of esters is 1. The average molecular weight is 178 g/mol. The molecule has 13 heavy (non-hydrogen) atoms. The zero-order valence-electron chi connectivity index (χ0n) is 8.09. The van der Waals surface area contributed by atoms with Crippen LogP contribution in [-0.2, 0) is 9.53 Å². The molecule has 0 rings (SSSR count). The van der Waals surface area contributed by atoms with Crippen LogP contribution in [-0.4, -0.2) is 12.6 Å². The third-order valence-electron chi connectivity index (χ3n) is 1.28. The van der Waals surface area contributed by atoms with Crippen molar-refractivity contribution in [2.75, 3.05) is 6.61 Å². The standard InChI is InChI=1S/C11H14O2/c1-4-7-10(8-5-2)9-13-11(12)6-3/h4,7H,1,6,9H2,2-3H3/b10-7+. The molecule has 0 radical (unpaired) electrons. The van der Waals surface area contributed by atoms with E-state index in [1.165, 1.54) is 0 Å². The van der Waals surface area contributed by atoms with Crippen LogP contribution in [0.25, 0.3) is 0 Å². The van der Waals surface area contributed by atoms with Crippen molar-refractivity contribution in [2.45, 2.75) is 20.3 Å². The van der Waals surface area contributed by atoms with Crippen molar-refractivity contribution in [1.29, 1.82) is 0 Å². The zero-order chi connectivity index (χ0) is 10.1. The zero-order valence-corrected chi connectivity index (χ0v) is 8.09. The van der Waals surface area contributed by atoms with Crippen LogP contribution in [0.4, 0.5) is 0 Å². The van der Waals surface area contributed by atoms with Gasteiger partial charge in [0.1, 0.15) is 6.61 Å². The third kappa shape index (κ3) is 5.75. The summed E-state index contributed by atoms with van der Waals surface area (Å²) in [4.78, 5) is 10.8. The maximum atomic E-state index is 10.8. The second-order valence-electron chi connectivity index (χ2n) is 2.32. The van der Waals surface area contributed by atoms with Gasteiger partial charge in [-0.05, 0) is 13.0 Å². The van der Waals surface area contributed by atoms with Gasteiger partial charge in [0.05, 0.1) is 0 Å². The topological polar surface area (TPSA) is 26.3 Å². The van der Waals surface area contributed by atoms with Crippen LogP contribution in [0.1, 0.15) is 20.3 Å². The third-order valence-corrected chi connectivity index (χ3v) is 1.28. The summed E-state index contributed by atoms with van der Waals surface area (Å²) in [6.45, 7) is 7.27. The molecule has 0 saturated heterocycles. The van der Waals surface area contributed by atoms with Crippen LogP contribution in [0.3, 0.4) is 0 Å². The van der Waals surface area contributed by atoms with E-state index in [1.807, 2.05) is 0 Å². The van der Waals surface area contributed by atoms with Crippen molar-refractivity contribution >= 4 is 5.97 Å². The van der Waals surface area contributed by atoms with E-state index >= 15 is 0 Å². The number of allylic oxidation sites excluding steroid dienone is 2. The highest BCUT2D eigenvalue weighted by molar-refractivity contribution is 5.69. The summed E-state index contributed by atoms with van der Waals surface area (Å²) in [5.74, 6) is 5.35. The molecule has 0 heterocycles. The highest BCUT2D eigenvalue weighted by Gasteiger charge is 1.98. The molecular weight excluding hydrogens is 164 g/mol. The first-order valence-electron chi connectivity index (χ1n) is 4.14. The smallest absolute Gasteiger partial charge is 0.305 e. The fraction of sp³-hybridized carbons (Fsp3) is 0.364. The van der Waals surface area contributed by atoms with E-state index in [1.54, 1.807) is 26.0 Å². The second-order valence-corrected chi connectivity index (χ2v) is 2.32. The van der Waals surface area contributed by atoms with E-state index in [0.29, 0.717) is 6.42 Å². The molecule has 0 fully saturated rings. The molecule has 0 spiro atoms. The minimum atomic E-state index is -0.215. The molecule has 0 unspecified atom stereocenters. The normalized spacial score (nSPS) is 9.85. The fourth-order valence-corrected chi connectivity index (χ4v) is 0.689. The van der Waals surface area contributed by atoms with Crippen molar-refractivity contribution in [3.05, 3.63) is 24.3 Å². The van der Waals surface area contributed by atoms with E-state index in [4.69, 9.17) is 4.74 Å². The van der Waals surface area contributed by atoms with Gasteiger partial charge in [0.2, 0.25) is 0 Å². The molecule has 0 atom stereocenters. The summed E-state index contributed by atoms with van der Waals surface area (Å²) in [5.41, 5.74) is 0.763. The van der Waals surface area contributed by atoms with Crippen LogP contribution in [0.5, 0.6) is 0 Å². The number of carbonyl (C=O) groups is 1. The maximum absolute atomic E-state index is 10.8. The molecule has 0 aliphatic carbocycles. The first kappa shape index (κ1) is 11.5. The maximum Gasteiger partial charge on any atom is 0.305 e. The largest absolute Gasteiger partial charge is 0.460 e. The molecule has 0 N–H and O–H groups in total. The van der Waals surface area contributed by atoms with Crippen LogP contribution in [0.15, 0.2) is 24.3 Å². The van der Waals surface area contributed by atoms with Crippen molar-refractivity contribution < 1.29 is 9.53 Å².